The summed E-state index contributed by atoms with van der Waals surface area (Å²) in [5.74, 6) is -0.395. The average molecular weight is 287 g/mol. The molecule has 3 N–H and O–H groups in total. The Balaban J connectivity index is 1.85. The van der Waals surface area contributed by atoms with Gasteiger partial charge in [0, 0.05) is 19.5 Å². The number of nitrogens with one attached hydrogen (secondary N) is 1. The number of benzene rings is 1. The highest BCUT2D eigenvalue weighted by Crippen LogP contribution is 2.26. The van der Waals surface area contributed by atoms with E-state index in [2.05, 4.69) is 5.32 Å². The van der Waals surface area contributed by atoms with E-state index in [9.17, 15) is 9.59 Å². The van der Waals surface area contributed by atoms with E-state index in [0.717, 1.165) is 30.5 Å². The lowest BCUT2D eigenvalue weighted by atomic mass is 9.90. The Hall–Kier alpha value is -1.88. The second-order valence-corrected chi connectivity index (χ2v) is 5.90. The van der Waals surface area contributed by atoms with Gasteiger partial charge in [-0.2, -0.15) is 0 Å². The molecule has 2 aliphatic heterocycles. The first-order valence-corrected chi connectivity index (χ1v) is 7.54. The van der Waals surface area contributed by atoms with Crippen LogP contribution in [0.1, 0.15) is 24.0 Å². The van der Waals surface area contributed by atoms with Crippen LogP contribution in [0.15, 0.2) is 24.3 Å². The minimum atomic E-state index is -0.519. The van der Waals surface area contributed by atoms with E-state index in [1.54, 1.807) is 4.90 Å². The fourth-order valence-electron chi connectivity index (χ4n) is 3.31. The number of carbonyl (C=O) groups is 2. The van der Waals surface area contributed by atoms with Gasteiger partial charge in [0.1, 0.15) is 6.04 Å². The largest absolute Gasteiger partial charge is 0.368 e. The van der Waals surface area contributed by atoms with Crippen molar-refractivity contribution in [3.63, 3.8) is 0 Å². The van der Waals surface area contributed by atoms with Gasteiger partial charge in [0.15, 0.2) is 0 Å². The third kappa shape index (κ3) is 2.78. The number of fused-ring (bicyclic) bond motifs is 1. The molecule has 5 nitrogen and oxygen atoms in total. The van der Waals surface area contributed by atoms with E-state index in [1.807, 2.05) is 24.3 Å². The zero-order valence-electron chi connectivity index (χ0n) is 12.0. The first-order valence-electron chi connectivity index (χ1n) is 7.54. The van der Waals surface area contributed by atoms with Crippen molar-refractivity contribution in [2.24, 2.45) is 11.7 Å². The zero-order valence-corrected chi connectivity index (χ0v) is 12.0. The van der Waals surface area contributed by atoms with Crippen molar-refractivity contribution in [3.8, 4) is 0 Å². The summed E-state index contributed by atoms with van der Waals surface area (Å²) in [7, 11) is 0. The number of hydrogen-bond acceptors (Lipinski definition) is 3. The first kappa shape index (κ1) is 14.1. The van der Waals surface area contributed by atoms with Crippen LogP contribution in [0.3, 0.4) is 0 Å². The molecule has 1 saturated heterocycles. The second-order valence-electron chi connectivity index (χ2n) is 5.90. The van der Waals surface area contributed by atoms with Gasteiger partial charge in [-0.1, -0.05) is 24.3 Å². The molecular weight excluding hydrogens is 266 g/mol. The molecule has 0 spiro atoms. The predicted molar refractivity (Wildman–Crippen MR) is 79.3 cm³/mol. The topological polar surface area (TPSA) is 75.4 Å². The number of piperidine rings is 1. The molecule has 0 saturated carbocycles. The summed E-state index contributed by atoms with van der Waals surface area (Å²) < 4.78 is 0. The Morgan fingerprint density at radius 3 is 2.67 bits per heavy atom. The number of hydrogen-bond donors (Lipinski definition) is 2. The number of carbonyl (C=O) groups excluding carboxylic acids is 2. The van der Waals surface area contributed by atoms with Gasteiger partial charge in [0.25, 0.3) is 0 Å². The summed E-state index contributed by atoms with van der Waals surface area (Å²) in [5.41, 5.74) is 7.77. The summed E-state index contributed by atoms with van der Waals surface area (Å²) in [4.78, 5) is 26.2. The lowest BCUT2D eigenvalue weighted by Crippen LogP contribution is -2.54. The van der Waals surface area contributed by atoms with E-state index in [0.29, 0.717) is 19.5 Å². The Bertz CT molecular complexity index is 552. The average Bonchev–Trinajstić information content (AvgIpc) is 2.53. The van der Waals surface area contributed by atoms with Gasteiger partial charge in [-0.15, -0.1) is 0 Å². The zero-order chi connectivity index (χ0) is 14.8. The van der Waals surface area contributed by atoms with Crippen molar-refractivity contribution in [1.82, 2.24) is 10.2 Å². The molecule has 1 aromatic rings. The maximum Gasteiger partial charge on any atom is 0.240 e. The van der Waals surface area contributed by atoms with E-state index in [4.69, 9.17) is 5.73 Å². The van der Waals surface area contributed by atoms with Crippen LogP contribution in [0.5, 0.6) is 0 Å². The van der Waals surface area contributed by atoms with E-state index in [-0.39, 0.29) is 11.8 Å². The monoisotopic (exact) mass is 287 g/mol. The first-order chi connectivity index (χ1) is 10.2. The molecule has 0 radical (unpaired) electrons. The maximum atomic E-state index is 12.8. The van der Waals surface area contributed by atoms with Crippen LogP contribution < -0.4 is 11.1 Å². The van der Waals surface area contributed by atoms with Gasteiger partial charge in [-0.3, -0.25) is 9.59 Å². The maximum absolute atomic E-state index is 12.8. The van der Waals surface area contributed by atoms with E-state index < -0.39 is 11.9 Å². The normalized spacial score (nSPS) is 25.2. The molecule has 2 atom stereocenters. The van der Waals surface area contributed by atoms with Crippen molar-refractivity contribution in [1.29, 1.82) is 0 Å². The highest BCUT2D eigenvalue weighted by molar-refractivity contribution is 5.88. The summed E-state index contributed by atoms with van der Waals surface area (Å²) >= 11 is 0. The molecule has 0 unspecified atom stereocenters. The Labute approximate surface area is 124 Å². The van der Waals surface area contributed by atoms with Crippen molar-refractivity contribution in [2.45, 2.75) is 31.8 Å². The molecule has 112 valence electrons. The lowest BCUT2D eigenvalue weighted by Gasteiger charge is -2.38. The quantitative estimate of drug-likeness (QED) is 0.828. The number of nitrogens with zero attached hydrogens (tertiary/aromatic N) is 1. The molecule has 2 amide bonds. The summed E-state index contributed by atoms with van der Waals surface area (Å²) in [5, 5.41) is 3.25. The minimum absolute atomic E-state index is 0.0362. The summed E-state index contributed by atoms with van der Waals surface area (Å²) in [6, 6.07) is 7.43. The second kappa shape index (κ2) is 5.85. The standard InChI is InChI=1S/C16H21N3O2/c17-15(20)14-8-11-4-1-2-5-13(11)10-19(14)16(21)12-6-3-7-18-9-12/h1-2,4-5,12,14,18H,3,6-10H2,(H2,17,20)/t12-,14-/m0/s1. The molecule has 5 heteroatoms. The van der Waals surface area contributed by atoms with Gasteiger partial charge < -0.3 is 16.0 Å². The van der Waals surface area contributed by atoms with Gasteiger partial charge >= 0.3 is 0 Å². The van der Waals surface area contributed by atoms with Crippen LogP contribution in [-0.4, -0.2) is 35.8 Å². The number of primary amides is 1. The molecule has 21 heavy (non-hydrogen) atoms. The number of rotatable bonds is 2. The van der Waals surface area contributed by atoms with Crippen molar-refractivity contribution in [3.05, 3.63) is 35.4 Å². The molecule has 2 heterocycles. The van der Waals surface area contributed by atoms with Gasteiger partial charge in [0.2, 0.25) is 11.8 Å². The highest BCUT2D eigenvalue weighted by Gasteiger charge is 2.36. The van der Waals surface area contributed by atoms with Crippen LogP contribution in [0.25, 0.3) is 0 Å². The van der Waals surface area contributed by atoms with Crippen molar-refractivity contribution >= 4 is 11.8 Å². The predicted octanol–water partition coefficient (Wildman–Crippen LogP) is 0.425. The molecule has 0 bridgehead atoms. The molecule has 3 rings (SSSR count). The van der Waals surface area contributed by atoms with Crippen molar-refractivity contribution < 1.29 is 9.59 Å². The van der Waals surface area contributed by atoms with Crippen LogP contribution in [0.4, 0.5) is 0 Å². The lowest BCUT2D eigenvalue weighted by molar-refractivity contribution is -0.144. The Kier molecular flexibility index (Phi) is 3.92. The van der Waals surface area contributed by atoms with Crippen LogP contribution in [-0.2, 0) is 22.6 Å². The molecule has 1 fully saturated rings. The van der Waals surface area contributed by atoms with Crippen LogP contribution in [0, 0.1) is 5.92 Å². The van der Waals surface area contributed by atoms with Crippen LogP contribution >= 0.6 is 0 Å². The molecule has 0 aromatic heterocycles. The van der Waals surface area contributed by atoms with Gasteiger partial charge in [0.05, 0.1) is 5.92 Å². The molecule has 2 aliphatic rings. The summed E-state index contributed by atoms with van der Waals surface area (Å²) in [6.07, 6.45) is 2.41. The number of amides is 2. The highest BCUT2D eigenvalue weighted by atomic mass is 16.2. The van der Waals surface area contributed by atoms with Gasteiger partial charge in [-0.25, -0.2) is 0 Å². The van der Waals surface area contributed by atoms with E-state index in [1.165, 1.54) is 0 Å². The van der Waals surface area contributed by atoms with Crippen LogP contribution in [0.2, 0.25) is 0 Å². The number of nitrogens with two attached hydrogens (primary N) is 1. The Morgan fingerprint density at radius 2 is 2.00 bits per heavy atom. The summed E-state index contributed by atoms with van der Waals surface area (Å²) in [6.45, 7) is 2.15. The molecular formula is C16H21N3O2. The Morgan fingerprint density at radius 1 is 1.24 bits per heavy atom. The van der Waals surface area contributed by atoms with Crippen molar-refractivity contribution in [2.75, 3.05) is 13.1 Å². The fourth-order valence-corrected chi connectivity index (χ4v) is 3.31. The van der Waals surface area contributed by atoms with Gasteiger partial charge in [-0.05, 0) is 30.5 Å². The SMILES string of the molecule is NC(=O)[C@@H]1Cc2ccccc2CN1C(=O)[C@H]1CCCNC1. The molecule has 0 aliphatic carbocycles. The minimum Gasteiger partial charge on any atom is -0.368 e. The fraction of sp³-hybridized carbons (Fsp3) is 0.500. The third-order valence-electron chi connectivity index (χ3n) is 4.51. The smallest absolute Gasteiger partial charge is 0.240 e. The molecule has 1 aromatic carbocycles. The van der Waals surface area contributed by atoms with E-state index >= 15 is 0 Å². The third-order valence-corrected chi connectivity index (χ3v) is 4.51.